The summed E-state index contributed by atoms with van der Waals surface area (Å²) in [5.74, 6) is -3.09. The molecule has 25 heavy (non-hydrogen) atoms. The SMILES string of the molecule is CCOC(=O)[C@@]1(C(=O)O)CCCCN1C(=O)c1ccc([N+](=O)[O-])cc1. The maximum Gasteiger partial charge on any atom is 0.343 e. The molecule has 0 aromatic heterocycles. The van der Waals surface area contributed by atoms with E-state index in [0.717, 1.165) is 17.0 Å². The Morgan fingerprint density at radius 1 is 1.28 bits per heavy atom. The second kappa shape index (κ2) is 7.29. The lowest BCUT2D eigenvalue weighted by molar-refractivity contribution is -0.384. The number of carbonyl (C=O) groups is 3. The summed E-state index contributed by atoms with van der Waals surface area (Å²) in [6.07, 6.45) is 0.974. The van der Waals surface area contributed by atoms with Crippen molar-refractivity contribution in [1.82, 2.24) is 4.90 Å². The molecule has 1 aliphatic rings. The van der Waals surface area contributed by atoms with Crippen molar-refractivity contribution in [3.05, 3.63) is 39.9 Å². The van der Waals surface area contributed by atoms with Crippen molar-refractivity contribution in [2.75, 3.05) is 13.2 Å². The Balaban J connectivity index is 2.41. The summed E-state index contributed by atoms with van der Waals surface area (Å²) in [5.41, 5.74) is -2.19. The van der Waals surface area contributed by atoms with Crippen molar-refractivity contribution in [3.8, 4) is 0 Å². The van der Waals surface area contributed by atoms with Crippen molar-refractivity contribution in [1.29, 1.82) is 0 Å². The number of non-ortho nitro benzene ring substituents is 1. The number of amides is 1. The van der Waals surface area contributed by atoms with Crippen LogP contribution in [0.1, 0.15) is 36.5 Å². The molecule has 134 valence electrons. The highest BCUT2D eigenvalue weighted by molar-refractivity contribution is 6.09. The molecule has 0 spiro atoms. The molecule has 1 amide bonds. The van der Waals surface area contributed by atoms with Gasteiger partial charge in [-0.15, -0.1) is 0 Å². The number of rotatable bonds is 5. The second-order valence-electron chi connectivity index (χ2n) is 5.60. The summed E-state index contributed by atoms with van der Waals surface area (Å²) >= 11 is 0. The van der Waals surface area contributed by atoms with Crippen LogP contribution in [0.2, 0.25) is 0 Å². The summed E-state index contributed by atoms with van der Waals surface area (Å²) < 4.78 is 4.91. The number of carbonyl (C=O) groups excluding carboxylic acids is 2. The lowest BCUT2D eigenvalue weighted by Gasteiger charge is -2.41. The Hall–Kier alpha value is -2.97. The van der Waals surface area contributed by atoms with E-state index >= 15 is 0 Å². The molecule has 1 fully saturated rings. The molecule has 0 unspecified atom stereocenters. The van der Waals surface area contributed by atoms with Crippen molar-refractivity contribution in [2.45, 2.75) is 31.7 Å². The second-order valence-corrected chi connectivity index (χ2v) is 5.60. The highest BCUT2D eigenvalue weighted by atomic mass is 16.6. The Bertz CT molecular complexity index is 701. The van der Waals surface area contributed by atoms with E-state index in [1.807, 2.05) is 0 Å². The first-order chi connectivity index (χ1) is 11.8. The van der Waals surface area contributed by atoms with E-state index in [1.165, 1.54) is 12.1 Å². The summed E-state index contributed by atoms with van der Waals surface area (Å²) in [7, 11) is 0. The molecule has 1 heterocycles. The van der Waals surface area contributed by atoms with Gasteiger partial charge < -0.3 is 14.7 Å². The molecule has 0 aliphatic carbocycles. The van der Waals surface area contributed by atoms with Crippen LogP contribution in [0.15, 0.2) is 24.3 Å². The summed E-state index contributed by atoms with van der Waals surface area (Å²) in [6.45, 7) is 1.63. The number of likely N-dealkylation sites (tertiary alicyclic amines) is 1. The Morgan fingerprint density at radius 3 is 2.44 bits per heavy atom. The van der Waals surface area contributed by atoms with Crippen LogP contribution in [0.4, 0.5) is 5.69 Å². The number of piperidine rings is 1. The van der Waals surface area contributed by atoms with E-state index in [9.17, 15) is 29.6 Å². The first-order valence-corrected chi connectivity index (χ1v) is 7.81. The lowest BCUT2D eigenvalue weighted by Crippen LogP contribution is -2.64. The molecule has 9 heteroatoms. The van der Waals surface area contributed by atoms with Crippen LogP contribution in [0, 0.1) is 10.1 Å². The van der Waals surface area contributed by atoms with Crippen LogP contribution in [0.3, 0.4) is 0 Å². The third-order valence-electron chi connectivity index (χ3n) is 4.17. The zero-order valence-corrected chi connectivity index (χ0v) is 13.6. The average Bonchev–Trinajstić information content (AvgIpc) is 2.61. The molecule has 1 N–H and O–H groups in total. The number of aliphatic carboxylic acids is 1. The van der Waals surface area contributed by atoms with E-state index in [-0.39, 0.29) is 30.8 Å². The number of benzene rings is 1. The van der Waals surface area contributed by atoms with Crippen molar-refractivity contribution in [2.24, 2.45) is 0 Å². The van der Waals surface area contributed by atoms with Gasteiger partial charge in [0.15, 0.2) is 0 Å². The predicted molar refractivity (Wildman–Crippen MR) is 85.0 cm³/mol. The van der Waals surface area contributed by atoms with E-state index in [1.54, 1.807) is 6.92 Å². The summed E-state index contributed by atoms with van der Waals surface area (Å²) in [6, 6.07) is 4.80. The van der Waals surface area contributed by atoms with Crippen molar-refractivity contribution >= 4 is 23.5 Å². The molecule has 0 bridgehead atoms. The number of nitro groups is 1. The van der Waals surface area contributed by atoms with Gasteiger partial charge in [-0.1, -0.05) is 0 Å². The van der Waals surface area contributed by atoms with Gasteiger partial charge in [0.1, 0.15) is 0 Å². The Labute approximate surface area is 143 Å². The molecule has 9 nitrogen and oxygen atoms in total. The minimum atomic E-state index is -2.08. The number of ether oxygens (including phenoxy) is 1. The fourth-order valence-corrected chi connectivity index (χ4v) is 2.91. The number of carboxylic acids is 1. The number of hydrogen-bond acceptors (Lipinski definition) is 6. The third kappa shape index (κ3) is 3.30. The molecule has 1 aliphatic heterocycles. The van der Waals surface area contributed by atoms with Gasteiger partial charge >= 0.3 is 11.9 Å². The van der Waals surface area contributed by atoms with Gasteiger partial charge in [0, 0.05) is 24.2 Å². The van der Waals surface area contributed by atoms with Gasteiger partial charge in [-0.05, 0) is 38.3 Å². The predicted octanol–water partition coefficient (Wildman–Crippen LogP) is 1.61. The third-order valence-corrected chi connectivity index (χ3v) is 4.17. The molecule has 1 aromatic rings. The van der Waals surface area contributed by atoms with Crippen LogP contribution in [0.5, 0.6) is 0 Å². The van der Waals surface area contributed by atoms with Crippen LogP contribution in [-0.4, -0.2) is 51.5 Å². The van der Waals surface area contributed by atoms with Crippen LogP contribution in [0.25, 0.3) is 0 Å². The van der Waals surface area contributed by atoms with Crippen molar-refractivity contribution < 1.29 is 29.2 Å². The molecule has 0 saturated carbocycles. The minimum Gasteiger partial charge on any atom is -0.479 e. The zero-order valence-electron chi connectivity index (χ0n) is 13.6. The van der Waals surface area contributed by atoms with E-state index in [0.29, 0.717) is 12.8 Å². The standard InChI is InChI=1S/C16H18N2O7/c1-2-25-15(22)16(14(20)21)9-3-4-10-17(16)13(19)11-5-7-12(8-6-11)18(23)24/h5-8H,2-4,9-10H2,1H3,(H,20,21)/t16-/m0/s1. The van der Waals surface area contributed by atoms with Gasteiger partial charge in [-0.25, -0.2) is 9.59 Å². The van der Waals surface area contributed by atoms with E-state index in [4.69, 9.17) is 4.74 Å². The molecule has 2 rings (SSSR count). The number of nitro benzene ring substituents is 1. The maximum absolute atomic E-state index is 12.8. The molecule has 0 radical (unpaired) electrons. The first-order valence-electron chi connectivity index (χ1n) is 7.81. The molecule has 1 saturated heterocycles. The van der Waals surface area contributed by atoms with Crippen LogP contribution >= 0.6 is 0 Å². The van der Waals surface area contributed by atoms with Gasteiger partial charge in [-0.2, -0.15) is 0 Å². The van der Waals surface area contributed by atoms with Gasteiger partial charge in [0.05, 0.1) is 11.5 Å². The Kier molecular flexibility index (Phi) is 5.35. The number of carboxylic acid groups (broad SMARTS) is 1. The summed E-state index contributed by atoms with van der Waals surface area (Å²) in [4.78, 5) is 48.2. The van der Waals surface area contributed by atoms with Gasteiger partial charge in [0.25, 0.3) is 11.6 Å². The highest BCUT2D eigenvalue weighted by Crippen LogP contribution is 2.32. The zero-order chi connectivity index (χ0) is 18.6. The highest BCUT2D eigenvalue weighted by Gasteiger charge is 2.55. The van der Waals surface area contributed by atoms with Crippen molar-refractivity contribution in [3.63, 3.8) is 0 Å². The summed E-state index contributed by atoms with van der Waals surface area (Å²) in [5, 5.41) is 20.4. The molecule has 1 aromatic carbocycles. The lowest BCUT2D eigenvalue weighted by atomic mass is 9.85. The quantitative estimate of drug-likeness (QED) is 0.370. The monoisotopic (exact) mass is 350 g/mol. The largest absolute Gasteiger partial charge is 0.479 e. The van der Waals surface area contributed by atoms with Crippen LogP contribution in [-0.2, 0) is 14.3 Å². The fourth-order valence-electron chi connectivity index (χ4n) is 2.91. The maximum atomic E-state index is 12.8. The van der Waals surface area contributed by atoms with E-state index < -0.39 is 28.3 Å². The van der Waals surface area contributed by atoms with Crippen LogP contribution < -0.4 is 0 Å². The van der Waals surface area contributed by atoms with Gasteiger partial charge in [-0.3, -0.25) is 14.9 Å². The van der Waals surface area contributed by atoms with Gasteiger partial charge in [0.2, 0.25) is 5.54 Å². The topological polar surface area (TPSA) is 127 Å². The fraction of sp³-hybridized carbons (Fsp3) is 0.438. The molecular weight excluding hydrogens is 332 g/mol. The smallest absolute Gasteiger partial charge is 0.343 e. The molecule has 1 atom stereocenters. The first kappa shape index (κ1) is 18.4. The Morgan fingerprint density at radius 2 is 1.92 bits per heavy atom. The average molecular weight is 350 g/mol. The van der Waals surface area contributed by atoms with E-state index in [2.05, 4.69) is 0 Å². The molecular formula is C16H18N2O7. The minimum absolute atomic E-state index is 0.00652. The number of nitrogens with zero attached hydrogens (tertiary/aromatic N) is 2. The number of esters is 1. The normalized spacial score (nSPS) is 20.0. The number of hydrogen-bond donors (Lipinski definition) is 1.